The summed E-state index contributed by atoms with van der Waals surface area (Å²) in [5, 5.41) is 21.6. The van der Waals surface area contributed by atoms with Crippen LogP contribution in [0.5, 0.6) is 11.5 Å². The normalized spacial score (nSPS) is 10.4. The SMILES string of the molecule is O=C(NCCCCn1ccnc1)c1cccc(O)c1O. The number of unbranched alkanes of at least 4 members (excludes halogenated alkanes) is 1. The maximum atomic E-state index is 11.8. The van der Waals surface area contributed by atoms with Crippen LogP contribution in [0.25, 0.3) is 0 Å². The van der Waals surface area contributed by atoms with Gasteiger partial charge in [0.05, 0.1) is 11.9 Å². The first-order valence-corrected chi connectivity index (χ1v) is 6.43. The van der Waals surface area contributed by atoms with Gasteiger partial charge in [0.1, 0.15) is 0 Å². The molecule has 1 aromatic heterocycles. The molecule has 2 rings (SSSR count). The summed E-state index contributed by atoms with van der Waals surface area (Å²) in [7, 11) is 0. The lowest BCUT2D eigenvalue weighted by Crippen LogP contribution is -2.24. The molecule has 20 heavy (non-hydrogen) atoms. The van der Waals surface area contributed by atoms with Gasteiger partial charge in [-0.2, -0.15) is 0 Å². The minimum Gasteiger partial charge on any atom is -0.504 e. The van der Waals surface area contributed by atoms with Crippen molar-refractivity contribution in [2.45, 2.75) is 19.4 Å². The molecule has 106 valence electrons. The first-order chi connectivity index (χ1) is 9.68. The molecule has 0 bridgehead atoms. The molecule has 2 aromatic rings. The van der Waals surface area contributed by atoms with Gasteiger partial charge < -0.3 is 20.1 Å². The van der Waals surface area contributed by atoms with Crippen molar-refractivity contribution in [3.63, 3.8) is 0 Å². The average Bonchev–Trinajstić information content (AvgIpc) is 2.94. The maximum absolute atomic E-state index is 11.8. The van der Waals surface area contributed by atoms with E-state index in [9.17, 15) is 15.0 Å². The standard InChI is InChI=1S/C14H17N3O3/c18-12-5-3-4-11(13(12)19)14(20)16-6-1-2-8-17-9-7-15-10-17/h3-5,7,9-10,18-19H,1-2,6,8H2,(H,16,20). The number of aryl methyl sites for hydroxylation is 1. The van der Waals surface area contributed by atoms with Crippen molar-refractivity contribution in [2.75, 3.05) is 6.54 Å². The Morgan fingerprint density at radius 2 is 2.15 bits per heavy atom. The van der Waals surface area contributed by atoms with Gasteiger partial charge in [-0.15, -0.1) is 0 Å². The highest BCUT2D eigenvalue weighted by Gasteiger charge is 2.12. The number of nitrogens with zero attached hydrogens (tertiary/aromatic N) is 2. The Kier molecular flexibility index (Phi) is 4.60. The number of aromatic hydroxyl groups is 2. The van der Waals surface area contributed by atoms with E-state index in [2.05, 4.69) is 10.3 Å². The lowest BCUT2D eigenvalue weighted by molar-refractivity contribution is 0.0949. The quantitative estimate of drug-likeness (QED) is 0.551. The van der Waals surface area contributed by atoms with E-state index in [4.69, 9.17) is 0 Å². The summed E-state index contributed by atoms with van der Waals surface area (Å²) < 4.78 is 1.98. The van der Waals surface area contributed by atoms with Gasteiger partial charge in [-0.1, -0.05) is 6.07 Å². The third-order valence-corrected chi connectivity index (χ3v) is 2.95. The summed E-state index contributed by atoms with van der Waals surface area (Å²) in [4.78, 5) is 15.8. The van der Waals surface area contributed by atoms with Crippen LogP contribution in [0.1, 0.15) is 23.2 Å². The zero-order valence-electron chi connectivity index (χ0n) is 11.0. The van der Waals surface area contributed by atoms with Crippen molar-refractivity contribution in [1.82, 2.24) is 14.9 Å². The Bertz CT molecular complexity index is 567. The first-order valence-electron chi connectivity index (χ1n) is 6.43. The summed E-state index contributed by atoms with van der Waals surface area (Å²) in [5.74, 6) is -1.07. The number of phenols is 2. The largest absolute Gasteiger partial charge is 0.504 e. The molecule has 0 saturated heterocycles. The number of phenolic OH excluding ortho intramolecular Hbond substituents is 2. The predicted octanol–water partition coefficient (Wildman–Crippen LogP) is 1.50. The molecule has 3 N–H and O–H groups in total. The number of hydrogen-bond donors (Lipinski definition) is 3. The Hall–Kier alpha value is -2.50. The highest BCUT2D eigenvalue weighted by atomic mass is 16.3. The zero-order chi connectivity index (χ0) is 14.4. The van der Waals surface area contributed by atoms with Gasteiger partial charge in [0, 0.05) is 25.5 Å². The Balaban J connectivity index is 1.74. The number of carbonyl (C=O) groups excluding carboxylic acids is 1. The summed E-state index contributed by atoms with van der Waals surface area (Å²) in [6.07, 6.45) is 7.12. The molecule has 1 heterocycles. The van der Waals surface area contributed by atoms with Gasteiger partial charge >= 0.3 is 0 Å². The van der Waals surface area contributed by atoms with Gasteiger partial charge in [0.25, 0.3) is 5.91 Å². The molecule has 0 unspecified atom stereocenters. The van der Waals surface area contributed by atoms with Crippen LogP contribution >= 0.6 is 0 Å². The smallest absolute Gasteiger partial charge is 0.255 e. The molecule has 1 aromatic carbocycles. The number of nitrogens with one attached hydrogen (secondary N) is 1. The second kappa shape index (κ2) is 6.60. The minimum absolute atomic E-state index is 0.0830. The lowest BCUT2D eigenvalue weighted by atomic mass is 10.1. The summed E-state index contributed by atoms with van der Waals surface area (Å²) in [5.41, 5.74) is 0.0830. The van der Waals surface area contributed by atoms with Crippen LogP contribution in [0.3, 0.4) is 0 Å². The first kappa shape index (κ1) is 13.9. The van der Waals surface area contributed by atoms with Crippen molar-refractivity contribution in [2.24, 2.45) is 0 Å². The van der Waals surface area contributed by atoms with Crippen LogP contribution in [-0.2, 0) is 6.54 Å². The van der Waals surface area contributed by atoms with Gasteiger partial charge in [0.15, 0.2) is 11.5 Å². The molecule has 1 amide bonds. The van der Waals surface area contributed by atoms with E-state index >= 15 is 0 Å². The minimum atomic E-state index is -0.388. The fraction of sp³-hybridized carbons (Fsp3) is 0.286. The number of hydrogen-bond acceptors (Lipinski definition) is 4. The zero-order valence-corrected chi connectivity index (χ0v) is 11.0. The number of imidazole rings is 1. The number of para-hydroxylation sites is 1. The molecule has 0 aliphatic rings. The van der Waals surface area contributed by atoms with Crippen LogP contribution in [0, 0.1) is 0 Å². The van der Waals surface area contributed by atoms with E-state index in [1.54, 1.807) is 12.5 Å². The summed E-state index contributed by atoms with van der Waals surface area (Å²) in [6.45, 7) is 1.37. The van der Waals surface area contributed by atoms with Crippen molar-refractivity contribution >= 4 is 5.91 Å². The fourth-order valence-electron chi connectivity index (χ4n) is 1.85. The second-order valence-corrected chi connectivity index (χ2v) is 4.44. The van der Waals surface area contributed by atoms with Crippen LogP contribution in [0.4, 0.5) is 0 Å². The van der Waals surface area contributed by atoms with Gasteiger partial charge in [-0.25, -0.2) is 4.98 Å². The molecule has 0 radical (unpaired) electrons. The molecule has 6 nitrogen and oxygen atoms in total. The average molecular weight is 275 g/mol. The molecule has 6 heteroatoms. The summed E-state index contributed by atoms with van der Waals surface area (Å²) >= 11 is 0. The van der Waals surface area contributed by atoms with Crippen molar-refractivity contribution < 1.29 is 15.0 Å². The Labute approximate surface area is 116 Å². The highest BCUT2D eigenvalue weighted by molar-refractivity contribution is 5.97. The molecule has 0 saturated carbocycles. The van der Waals surface area contributed by atoms with Crippen LogP contribution in [0.15, 0.2) is 36.9 Å². The molecular formula is C14H17N3O3. The summed E-state index contributed by atoms with van der Waals surface area (Å²) in [6, 6.07) is 4.32. The Morgan fingerprint density at radius 3 is 2.90 bits per heavy atom. The third kappa shape index (κ3) is 3.50. The van der Waals surface area contributed by atoms with Gasteiger partial charge in [0.2, 0.25) is 0 Å². The monoisotopic (exact) mass is 275 g/mol. The van der Waals surface area contributed by atoms with E-state index in [0.29, 0.717) is 6.54 Å². The molecule has 0 spiro atoms. The van der Waals surface area contributed by atoms with E-state index < -0.39 is 0 Å². The third-order valence-electron chi connectivity index (χ3n) is 2.95. The number of amides is 1. The van der Waals surface area contributed by atoms with Crippen molar-refractivity contribution in [3.8, 4) is 11.5 Å². The number of aromatic nitrogens is 2. The molecule has 0 aliphatic heterocycles. The highest BCUT2D eigenvalue weighted by Crippen LogP contribution is 2.27. The molecule has 0 atom stereocenters. The van der Waals surface area contributed by atoms with Crippen molar-refractivity contribution in [3.05, 3.63) is 42.5 Å². The van der Waals surface area contributed by atoms with Crippen LogP contribution < -0.4 is 5.32 Å². The second-order valence-electron chi connectivity index (χ2n) is 4.44. The van der Waals surface area contributed by atoms with E-state index in [1.807, 2.05) is 10.8 Å². The molecule has 0 aliphatic carbocycles. The predicted molar refractivity (Wildman–Crippen MR) is 73.6 cm³/mol. The van der Waals surface area contributed by atoms with Gasteiger partial charge in [-0.3, -0.25) is 4.79 Å². The van der Waals surface area contributed by atoms with Crippen LogP contribution in [-0.4, -0.2) is 32.2 Å². The number of rotatable bonds is 6. The van der Waals surface area contributed by atoms with E-state index in [1.165, 1.54) is 18.2 Å². The number of benzene rings is 1. The van der Waals surface area contributed by atoms with Crippen molar-refractivity contribution in [1.29, 1.82) is 0 Å². The maximum Gasteiger partial charge on any atom is 0.255 e. The van der Waals surface area contributed by atoms with E-state index in [-0.39, 0.29) is 23.0 Å². The molecular weight excluding hydrogens is 258 g/mol. The van der Waals surface area contributed by atoms with E-state index in [0.717, 1.165) is 19.4 Å². The topological polar surface area (TPSA) is 87.4 Å². The fourth-order valence-corrected chi connectivity index (χ4v) is 1.85. The Morgan fingerprint density at radius 1 is 1.30 bits per heavy atom. The molecule has 0 fully saturated rings. The van der Waals surface area contributed by atoms with Crippen LogP contribution in [0.2, 0.25) is 0 Å². The lowest BCUT2D eigenvalue weighted by Gasteiger charge is -2.07. The number of carbonyl (C=O) groups is 1. The van der Waals surface area contributed by atoms with Gasteiger partial charge in [-0.05, 0) is 25.0 Å².